The van der Waals surface area contributed by atoms with E-state index in [1.807, 2.05) is 18.2 Å². The lowest BCUT2D eigenvalue weighted by Gasteiger charge is -2.10. The molecule has 0 aliphatic heterocycles. The Morgan fingerprint density at radius 3 is 2.84 bits per heavy atom. The van der Waals surface area contributed by atoms with Gasteiger partial charge in [-0.15, -0.1) is 0 Å². The number of hydrogen-bond donors (Lipinski definition) is 1. The predicted molar refractivity (Wildman–Crippen MR) is 75.4 cm³/mol. The quantitative estimate of drug-likeness (QED) is 0.887. The molecule has 3 heteroatoms. The Morgan fingerprint density at radius 2 is 2.16 bits per heavy atom. The maximum absolute atomic E-state index is 5.77. The molecule has 1 saturated carbocycles. The number of ether oxygens (including phenoxy) is 1. The molecule has 0 radical (unpaired) electrons. The van der Waals surface area contributed by atoms with Gasteiger partial charge in [0, 0.05) is 18.8 Å². The van der Waals surface area contributed by atoms with Gasteiger partial charge < -0.3 is 10.1 Å². The van der Waals surface area contributed by atoms with Gasteiger partial charge in [0.25, 0.3) is 0 Å². The highest BCUT2D eigenvalue weighted by Crippen LogP contribution is 2.24. The minimum Gasteiger partial charge on any atom is -0.456 e. The molecule has 0 atom stereocenters. The van der Waals surface area contributed by atoms with E-state index in [4.69, 9.17) is 4.74 Å². The van der Waals surface area contributed by atoms with Crippen molar-refractivity contribution in [2.45, 2.75) is 32.4 Å². The SMILES string of the molecule is Cc1cc(Oc2cccnc2)ccc1CNC1CC1. The smallest absolute Gasteiger partial charge is 0.145 e. The first-order valence-electron chi connectivity index (χ1n) is 6.72. The third kappa shape index (κ3) is 3.32. The normalized spacial score (nSPS) is 14.4. The summed E-state index contributed by atoms with van der Waals surface area (Å²) in [7, 11) is 0. The molecule has 1 aromatic carbocycles. The van der Waals surface area contributed by atoms with Crippen molar-refractivity contribution in [2.24, 2.45) is 0 Å². The van der Waals surface area contributed by atoms with Crippen LogP contribution in [-0.4, -0.2) is 11.0 Å². The lowest BCUT2D eigenvalue weighted by atomic mass is 10.1. The second-order valence-corrected chi connectivity index (χ2v) is 5.03. The first-order valence-corrected chi connectivity index (χ1v) is 6.72. The van der Waals surface area contributed by atoms with Crippen LogP contribution in [0.2, 0.25) is 0 Å². The van der Waals surface area contributed by atoms with Gasteiger partial charge >= 0.3 is 0 Å². The molecule has 98 valence electrons. The highest BCUT2D eigenvalue weighted by atomic mass is 16.5. The number of nitrogens with one attached hydrogen (secondary N) is 1. The van der Waals surface area contributed by atoms with Crippen molar-refractivity contribution in [1.82, 2.24) is 10.3 Å². The molecule has 0 spiro atoms. The van der Waals surface area contributed by atoms with Crippen LogP contribution in [0, 0.1) is 6.92 Å². The van der Waals surface area contributed by atoms with Crippen LogP contribution in [-0.2, 0) is 6.54 Å². The number of benzene rings is 1. The van der Waals surface area contributed by atoms with Gasteiger partial charge in [-0.3, -0.25) is 4.98 Å². The average Bonchev–Trinajstić information content (AvgIpc) is 3.23. The molecule has 0 saturated heterocycles. The Morgan fingerprint density at radius 1 is 1.26 bits per heavy atom. The van der Waals surface area contributed by atoms with Crippen LogP contribution in [0.4, 0.5) is 0 Å². The van der Waals surface area contributed by atoms with Gasteiger partial charge in [-0.05, 0) is 55.2 Å². The minimum absolute atomic E-state index is 0.741. The lowest BCUT2D eigenvalue weighted by molar-refractivity contribution is 0.479. The number of aryl methyl sites for hydroxylation is 1. The van der Waals surface area contributed by atoms with Crippen LogP contribution in [0.1, 0.15) is 24.0 Å². The second kappa shape index (κ2) is 5.41. The molecule has 1 heterocycles. The first kappa shape index (κ1) is 12.2. The van der Waals surface area contributed by atoms with E-state index in [9.17, 15) is 0 Å². The maximum atomic E-state index is 5.77. The molecule has 3 nitrogen and oxygen atoms in total. The lowest BCUT2D eigenvalue weighted by Crippen LogP contribution is -2.15. The Balaban J connectivity index is 1.67. The van der Waals surface area contributed by atoms with Crippen LogP contribution in [0.25, 0.3) is 0 Å². The maximum Gasteiger partial charge on any atom is 0.145 e. The van der Waals surface area contributed by atoms with Crippen LogP contribution in [0.15, 0.2) is 42.7 Å². The Labute approximate surface area is 113 Å². The van der Waals surface area contributed by atoms with E-state index in [0.29, 0.717) is 0 Å². The summed E-state index contributed by atoms with van der Waals surface area (Å²) >= 11 is 0. The molecule has 1 N–H and O–H groups in total. The molecule has 2 aromatic rings. The third-order valence-electron chi connectivity index (χ3n) is 3.34. The molecule has 0 unspecified atom stereocenters. The minimum atomic E-state index is 0.741. The molecule has 19 heavy (non-hydrogen) atoms. The van der Waals surface area contributed by atoms with Crippen molar-refractivity contribution in [3.05, 3.63) is 53.9 Å². The van der Waals surface area contributed by atoms with Crippen molar-refractivity contribution in [3.63, 3.8) is 0 Å². The van der Waals surface area contributed by atoms with Crippen LogP contribution in [0.3, 0.4) is 0 Å². The summed E-state index contributed by atoms with van der Waals surface area (Å²) in [5.74, 6) is 1.63. The van der Waals surface area contributed by atoms with E-state index in [2.05, 4.69) is 29.4 Å². The summed E-state index contributed by atoms with van der Waals surface area (Å²) in [5.41, 5.74) is 2.60. The van der Waals surface area contributed by atoms with Crippen LogP contribution < -0.4 is 10.1 Å². The summed E-state index contributed by atoms with van der Waals surface area (Å²) in [4.78, 5) is 4.04. The zero-order valence-corrected chi connectivity index (χ0v) is 11.1. The largest absolute Gasteiger partial charge is 0.456 e. The van der Waals surface area contributed by atoms with E-state index >= 15 is 0 Å². The molecular formula is C16H18N2O. The second-order valence-electron chi connectivity index (χ2n) is 5.03. The number of rotatable bonds is 5. The monoisotopic (exact) mass is 254 g/mol. The molecular weight excluding hydrogens is 236 g/mol. The van der Waals surface area contributed by atoms with Gasteiger partial charge in [-0.25, -0.2) is 0 Å². The first-order chi connectivity index (χ1) is 9.31. The topological polar surface area (TPSA) is 34.1 Å². The van der Waals surface area contributed by atoms with Gasteiger partial charge in [-0.2, -0.15) is 0 Å². The van der Waals surface area contributed by atoms with Crippen LogP contribution >= 0.6 is 0 Å². The van der Waals surface area contributed by atoms with E-state index < -0.39 is 0 Å². The third-order valence-corrected chi connectivity index (χ3v) is 3.34. The standard InChI is InChI=1S/C16H18N2O/c1-12-9-15(19-16-3-2-8-17-11-16)7-4-13(12)10-18-14-5-6-14/h2-4,7-9,11,14,18H,5-6,10H2,1H3. The van der Waals surface area contributed by atoms with Gasteiger partial charge in [-0.1, -0.05) is 6.07 Å². The fourth-order valence-electron chi connectivity index (χ4n) is 2.02. The summed E-state index contributed by atoms with van der Waals surface area (Å²) in [6, 6.07) is 10.8. The van der Waals surface area contributed by atoms with Crippen molar-refractivity contribution >= 4 is 0 Å². The Bertz CT molecular complexity index is 550. The molecule has 3 rings (SSSR count). The molecule has 0 amide bonds. The number of pyridine rings is 1. The zero-order chi connectivity index (χ0) is 13.1. The van der Waals surface area contributed by atoms with Crippen molar-refractivity contribution in [1.29, 1.82) is 0 Å². The number of hydrogen-bond acceptors (Lipinski definition) is 3. The van der Waals surface area contributed by atoms with Gasteiger partial charge in [0.1, 0.15) is 11.5 Å². The van der Waals surface area contributed by atoms with Crippen molar-refractivity contribution in [2.75, 3.05) is 0 Å². The van der Waals surface area contributed by atoms with Crippen molar-refractivity contribution in [3.8, 4) is 11.5 Å². The number of aromatic nitrogens is 1. The number of nitrogens with zero attached hydrogens (tertiary/aromatic N) is 1. The molecule has 0 bridgehead atoms. The van der Waals surface area contributed by atoms with Crippen molar-refractivity contribution < 1.29 is 4.74 Å². The van der Waals surface area contributed by atoms with Gasteiger partial charge in [0.2, 0.25) is 0 Å². The summed E-state index contributed by atoms with van der Waals surface area (Å²) < 4.78 is 5.77. The predicted octanol–water partition coefficient (Wildman–Crippen LogP) is 3.43. The van der Waals surface area contributed by atoms with Crippen LogP contribution in [0.5, 0.6) is 11.5 Å². The summed E-state index contributed by atoms with van der Waals surface area (Å²) in [6.45, 7) is 3.07. The van der Waals surface area contributed by atoms with E-state index in [1.54, 1.807) is 12.4 Å². The fraction of sp³-hybridized carbons (Fsp3) is 0.312. The molecule has 1 fully saturated rings. The molecule has 1 aliphatic carbocycles. The Hall–Kier alpha value is -1.87. The molecule has 1 aliphatic rings. The zero-order valence-electron chi connectivity index (χ0n) is 11.1. The van der Waals surface area contributed by atoms with E-state index in [1.165, 1.54) is 24.0 Å². The van der Waals surface area contributed by atoms with Gasteiger partial charge in [0.15, 0.2) is 0 Å². The average molecular weight is 254 g/mol. The van der Waals surface area contributed by atoms with Gasteiger partial charge in [0.05, 0.1) is 6.20 Å². The highest BCUT2D eigenvalue weighted by Gasteiger charge is 2.20. The fourth-order valence-corrected chi connectivity index (χ4v) is 2.02. The van der Waals surface area contributed by atoms with E-state index in [-0.39, 0.29) is 0 Å². The summed E-state index contributed by atoms with van der Waals surface area (Å²) in [5, 5.41) is 3.53. The Kier molecular flexibility index (Phi) is 3.47. The summed E-state index contributed by atoms with van der Waals surface area (Å²) in [6.07, 6.45) is 6.10. The highest BCUT2D eigenvalue weighted by molar-refractivity contribution is 5.37. The van der Waals surface area contributed by atoms with E-state index in [0.717, 1.165) is 24.1 Å². The molecule has 1 aromatic heterocycles.